The smallest absolute Gasteiger partial charge is 0.329 e. The van der Waals surface area contributed by atoms with E-state index in [0.29, 0.717) is 0 Å². The van der Waals surface area contributed by atoms with E-state index in [2.05, 4.69) is 0 Å². The number of likely N-dealkylation sites (tertiary alicyclic amines) is 1. The van der Waals surface area contributed by atoms with Gasteiger partial charge in [0.15, 0.2) is 0 Å². The van der Waals surface area contributed by atoms with Gasteiger partial charge < -0.3 is 9.84 Å². The van der Waals surface area contributed by atoms with Crippen LogP contribution in [0.15, 0.2) is 0 Å². The Hall–Kier alpha value is -1.43. The Morgan fingerprint density at radius 3 is 2.35 bits per heavy atom. The van der Waals surface area contributed by atoms with Gasteiger partial charge in [-0.3, -0.25) is 14.5 Å². The third-order valence-corrected chi connectivity index (χ3v) is 3.58. The molecule has 2 atom stereocenters. The largest absolute Gasteiger partial charge is 0.480 e. The van der Waals surface area contributed by atoms with Crippen molar-refractivity contribution >= 4 is 17.8 Å². The van der Waals surface area contributed by atoms with E-state index in [1.54, 1.807) is 0 Å². The van der Waals surface area contributed by atoms with Gasteiger partial charge in [0.25, 0.3) is 0 Å². The van der Waals surface area contributed by atoms with Gasteiger partial charge in [-0.2, -0.15) is 0 Å². The molecule has 1 heterocycles. The molecular weight excluding hydrogens is 226 g/mol. The van der Waals surface area contributed by atoms with Crippen LogP contribution in [0.5, 0.6) is 0 Å². The molecule has 0 radical (unpaired) electrons. The average molecular weight is 241 g/mol. The summed E-state index contributed by atoms with van der Waals surface area (Å²) in [6.07, 6.45) is 0. The lowest BCUT2D eigenvalue weighted by Gasteiger charge is -2.20. The third kappa shape index (κ3) is 1.82. The Labute approximate surface area is 98.5 Å². The molecule has 6 nitrogen and oxygen atoms in total. The topological polar surface area (TPSA) is 83.9 Å². The molecule has 1 saturated carbocycles. The fraction of sp³-hybridized carbons (Fsp3) is 0.727. The summed E-state index contributed by atoms with van der Waals surface area (Å²) in [5, 5.41) is 8.35. The molecule has 2 unspecified atom stereocenters. The number of hydrogen-bond acceptors (Lipinski definition) is 4. The first-order chi connectivity index (χ1) is 7.87. The van der Waals surface area contributed by atoms with Crippen molar-refractivity contribution in [2.75, 3.05) is 19.8 Å². The van der Waals surface area contributed by atoms with Crippen LogP contribution >= 0.6 is 0 Å². The summed E-state index contributed by atoms with van der Waals surface area (Å²) in [6, 6.07) is 0. The quantitative estimate of drug-likeness (QED) is 0.529. The Morgan fingerprint density at radius 1 is 1.35 bits per heavy atom. The predicted octanol–water partition coefficient (Wildman–Crippen LogP) is -0.271. The second-order valence-corrected chi connectivity index (χ2v) is 5.05. The molecule has 0 aromatic heterocycles. The third-order valence-electron chi connectivity index (χ3n) is 3.58. The number of fused-ring (bicyclic) bond motifs is 1. The van der Waals surface area contributed by atoms with Gasteiger partial charge in [-0.25, -0.2) is 4.79 Å². The number of nitrogens with zero attached hydrogens (tertiary/aromatic N) is 1. The minimum Gasteiger partial charge on any atom is -0.480 e. The number of amides is 2. The molecule has 0 spiro atoms. The van der Waals surface area contributed by atoms with Gasteiger partial charge in [0.1, 0.15) is 6.61 Å². The zero-order valence-corrected chi connectivity index (χ0v) is 9.80. The van der Waals surface area contributed by atoms with E-state index in [1.165, 1.54) is 4.90 Å². The summed E-state index contributed by atoms with van der Waals surface area (Å²) in [5.41, 5.74) is -0.202. The highest BCUT2D eigenvalue weighted by molar-refractivity contribution is 6.10. The average Bonchev–Trinajstić information content (AvgIpc) is 2.68. The number of rotatable bonds is 5. The van der Waals surface area contributed by atoms with Crippen molar-refractivity contribution in [3.8, 4) is 0 Å². The first kappa shape index (κ1) is 12.0. The molecule has 1 saturated heterocycles. The van der Waals surface area contributed by atoms with E-state index in [0.717, 1.165) is 0 Å². The molecule has 2 fully saturated rings. The van der Waals surface area contributed by atoms with Crippen molar-refractivity contribution in [1.29, 1.82) is 0 Å². The lowest BCUT2D eigenvalue weighted by atomic mass is 10.1. The maximum absolute atomic E-state index is 11.8. The minimum absolute atomic E-state index is 0.0731. The maximum atomic E-state index is 11.8. The number of carbonyl (C=O) groups excluding carboxylic acids is 2. The summed E-state index contributed by atoms with van der Waals surface area (Å²) in [7, 11) is 0. The molecule has 2 rings (SSSR count). The van der Waals surface area contributed by atoms with E-state index < -0.39 is 12.6 Å². The van der Waals surface area contributed by atoms with Crippen LogP contribution in [-0.4, -0.2) is 47.5 Å². The maximum Gasteiger partial charge on any atom is 0.329 e. The van der Waals surface area contributed by atoms with Gasteiger partial charge in [0, 0.05) is 0 Å². The molecule has 0 aromatic carbocycles. The van der Waals surface area contributed by atoms with Gasteiger partial charge in [0.2, 0.25) is 11.8 Å². The number of carboxylic acid groups (broad SMARTS) is 1. The number of ether oxygens (including phenoxy) is 1. The Balaban J connectivity index is 1.83. The van der Waals surface area contributed by atoms with E-state index in [1.807, 2.05) is 13.8 Å². The van der Waals surface area contributed by atoms with Crippen LogP contribution in [0.4, 0.5) is 0 Å². The molecule has 17 heavy (non-hydrogen) atoms. The number of carbonyl (C=O) groups is 3. The summed E-state index contributed by atoms with van der Waals surface area (Å²) >= 11 is 0. The van der Waals surface area contributed by atoms with Gasteiger partial charge >= 0.3 is 5.97 Å². The first-order valence-electron chi connectivity index (χ1n) is 5.52. The summed E-state index contributed by atoms with van der Waals surface area (Å²) in [5.74, 6) is -1.73. The highest BCUT2D eigenvalue weighted by atomic mass is 16.5. The minimum atomic E-state index is -1.06. The van der Waals surface area contributed by atoms with E-state index in [4.69, 9.17) is 9.84 Å². The van der Waals surface area contributed by atoms with Crippen LogP contribution in [-0.2, 0) is 19.1 Å². The predicted molar refractivity (Wildman–Crippen MR) is 55.9 cm³/mol. The SMILES string of the molecule is CC1(C)C2C(=O)N(CCOCC(=O)O)C(=O)C21. The van der Waals surface area contributed by atoms with E-state index >= 15 is 0 Å². The highest BCUT2D eigenvalue weighted by Crippen LogP contribution is 2.63. The Bertz CT molecular complexity index is 365. The molecule has 0 aromatic rings. The van der Waals surface area contributed by atoms with Gasteiger partial charge in [-0.15, -0.1) is 0 Å². The van der Waals surface area contributed by atoms with Crippen molar-refractivity contribution in [3.63, 3.8) is 0 Å². The standard InChI is InChI=1S/C11H15NO5/c1-11(2)7-8(11)10(16)12(9(7)15)3-4-17-5-6(13)14/h7-8H,3-5H2,1-2H3,(H,13,14). The molecule has 6 heteroatoms. The van der Waals surface area contributed by atoms with Crippen LogP contribution in [0.1, 0.15) is 13.8 Å². The van der Waals surface area contributed by atoms with Crippen LogP contribution < -0.4 is 0 Å². The fourth-order valence-electron chi connectivity index (χ4n) is 2.54. The molecule has 1 aliphatic carbocycles. The van der Waals surface area contributed by atoms with Crippen molar-refractivity contribution in [2.45, 2.75) is 13.8 Å². The number of aliphatic carboxylic acids is 1. The molecular formula is C11H15NO5. The fourth-order valence-corrected chi connectivity index (χ4v) is 2.54. The van der Waals surface area contributed by atoms with Crippen LogP contribution in [0, 0.1) is 17.3 Å². The summed E-state index contributed by atoms with van der Waals surface area (Å²) < 4.78 is 4.81. The van der Waals surface area contributed by atoms with Crippen molar-refractivity contribution in [1.82, 2.24) is 4.90 Å². The van der Waals surface area contributed by atoms with Crippen molar-refractivity contribution < 1.29 is 24.2 Å². The Kier molecular flexibility index (Phi) is 2.69. The molecule has 2 amide bonds. The molecule has 0 bridgehead atoms. The normalized spacial score (nSPS) is 29.4. The first-order valence-corrected chi connectivity index (χ1v) is 5.52. The molecule has 1 aliphatic heterocycles. The summed E-state index contributed by atoms with van der Waals surface area (Å²) in [6.45, 7) is 3.64. The van der Waals surface area contributed by atoms with Gasteiger partial charge in [0.05, 0.1) is 25.0 Å². The Morgan fingerprint density at radius 2 is 1.88 bits per heavy atom. The summed E-state index contributed by atoms with van der Waals surface area (Å²) in [4.78, 5) is 35.0. The molecule has 2 aliphatic rings. The number of carboxylic acids is 1. The monoisotopic (exact) mass is 241 g/mol. The second kappa shape index (κ2) is 3.80. The van der Waals surface area contributed by atoms with Crippen molar-refractivity contribution in [2.24, 2.45) is 17.3 Å². The zero-order valence-electron chi connectivity index (χ0n) is 9.80. The highest BCUT2D eigenvalue weighted by Gasteiger charge is 2.72. The lowest BCUT2D eigenvalue weighted by Crippen LogP contribution is -2.38. The molecule has 1 N–H and O–H groups in total. The van der Waals surface area contributed by atoms with Crippen LogP contribution in [0.3, 0.4) is 0 Å². The molecule has 94 valence electrons. The lowest BCUT2D eigenvalue weighted by molar-refractivity contribution is -0.145. The second-order valence-electron chi connectivity index (χ2n) is 5.05. The van der Waals surface area contributed by atoms with Crippen LogP contribution in [0.25, 0.3) is 0 Å². The van der Waals surface area contributed by atoms with Gasteiger partial charge in [-0.1, -0.05) is 13.8 Å². The van der Waals surface area contributed by atoms with Crippen LogP contribution in [0.2, 0.25) is 0 Å². The zero-order chi connectivity index (χ0) is 12.8. The van der Waals surface area contributed by atoms with E-state index in [9.17, 15) is 14.4 Å². The number of piperidine rings is 1. The van der Waals surface area contributed by atoms with E-state index in [-0.39, 0.29) is 42.2 Å². The number of hydrogen-bond donors (Lipinski definition) is 1. The number of imide groups is 1. The van der Waals surface area contributed by atoms with Crippen molar-refractivity contribution in [3.05, 3.63) is 0 Å². The van der Waals surface area contributed by atoms with Gasteiger partial charge in [-0.05, 0) is 5.41 Å².